The SMILES string of the molecule is CC(C)C1CCC(O)CC1.CC(C)C1CCC(O)CC1.CC(C)C1CCC(O)CC1.CC(C)C1CCN(Cc2ccccc2)CC1.CC(C)C1CCOCC1.CC(C)CC1CCCO1.CC(C)CC1CCOC1.CC(C)CCC1CCC(O)CC1.CC(C)C[C@H]1CCCC[C@@H]1O.CC1CCC(C(C)C)CC1.CCCC(C)C.CCCCC(C)C.COCCC(C)C. The molecule has 4 aliphatic heterocycles. The van der Waals surface area contributed by atoms with Crippen LogP contribution in [0.2, 0.25) is 0 Å². The molecule has 6 saturated carbocycles. The first-order chi connectivity index (χ1) is 59.6. The predicted octanol–water partition coefficient (Wildman–Crippen LogP) is 32.5. The number of methoxy groups -OCH3 is 1. The van der Waals surface area contributed by atoms with E-state index in [1.165, 1.54) is 231 Å². The van der Waals surface area contributed by atoms with E-state index in [0.29, 0.717) is 12.0 Å². The molecule has 4 atom stereocenters. The highest BCUT2D eigenvalue weighted by Gasteiger charge is 2.28. The van der Waals surface area contributed by atoms with E-state index in [4.69, 9.17) is 18.9 Å². The van der Waals surface area contributed by atoms with Crippen molar-refractivity contribution in [2.24, 2.45) is 136 Å². The van der Waals surface area contributed by atoms with Crippen LogP contribution in [0.5, 0.6) is 0 Å². The molecular weight excluding hydrogens is 1550 g/mol. The van der Waals surface area contributed by atoms with Crippen LogP contribution in [0, 0.1) is 136 Å². The normalized spacial score (nSPS) is 26.5. The van der Waals surface area contributed by atoms with Crippen molar-refractivity contribution < 1.29 is 44.5 Å². The minimum absolute atomic E-state index is 0.00569. The van der Waals surface area contributed by atoms with Crippen molar-refractivity contribution in [2.45, 2.75) is 514 Å². The second-order valence-corrected chi connectivity index (χ2v) is 46.6. The Morgan fingerprint density at radius 2 is 0.738 bits per heavy atom. The highest BCUT2D eigenvalue weighted by molar-refractivity contribution is 5.14. The minimum atomic E-state index is 0.00569. The van der Waals surface area contributed by atoms with Crippen molar-refractivity contribution >= 4 is 0 Å². The zero-order valence-corrected chi connectivity index (χ0v) is 90.5. The van der Waals surface area contributed by atoms with E-state index in [9.17, 15) is 25.5 Å². The molecule has 11 rings (SSSR count). The van der Waals surface area contributed by atoms with Crippen molar-refractivity contribution in [3.05, 3.63) is 35.9 Å². The molecular formula is C116H231NO9. The van der Waals surface area contributed by atoms with Crippen LogP contribution in [0.4, 0.5) is 0 Å². The lowest BCUT2D eigenvalue weighted by Crippen LogP contribution is -2.34. The zero-order valence-electron chi connectivity index (χ0n) is 90.5. The van der Waals surface area contributed by atoms with Crippen LogP contribution in [0.25, 0.3) is 0 Å². The molecule has 5 N–H and O–H groups in total. The minimum Gasteiger partial charge on any atom is -0.393 e. The van der Waals surface area contributed by atoms with E-state index < -0.39 is 0 Å². The van der Waals surface area contributed by atoms with Crippen molar-refractivity contribution in [2.75, 3.05) is 59.8 Å². The number of aliphatic hydroxyl groups excluding tert-OH is 5. The molecule has 126 heavy (non-hydrogen) atoms. The number of nitrogens with zero attached hydrogens (tertiary/aromatic N) is 1. The molecule has 2 unspecified atom stereocenters. The van der Waals surface area contributed by atoms with Gasteiger partial charge in [0.2, 0.25) is 0 Å². The third kappa shape index (κ3) is 75.1. The van der Waals surface area contributed by atoms with Crippen LogP contribution in [0.1, 0.15) is 476 Å². The van der Waals surface area contributed by atoms with Crippen LogP contribution in [-0.2, 0) is 25.5 Å². The quantitative estimate of drug-likeness (QED) is 0.0643. The largest absolute Gasteiger partial charge is 0.393 e. The number of piperidine rings is 1. The first kappa shape index (κ1) is 127. The molecule has 10 heteroatoms. The van der Waals surface area contributed by atoms with Crippen molar-refractivity contribution in [1.29, 1.82) is 0 Å². The Kier molecular flexibility index (Phi) is 81.6. The van der Waals surface area contributed by atoms with Gasteiger partial charge in [-0.1, -0.05) is 302 Å². The van der Waals surface area contributed by atoms with Gasteiger partial charge in [-0.25, -0.2) is 0 Å². The second-order valence-electron chi connectivity index (χ2n) is 46.6. The van der Waals surface area contributed by atoms with Gasteiger partial charge in [0.05, 0.1) is 36.6 Å². The van der Waals surface area contributed by atoms with Gasteiger partial charge < -0.3 is 44.5 Å². The molecule has 10 nitrogen and oxygen atoms in total. The van der Waals surface area contributed by atoms with Crippen LogP contribution in [0.15, 0.2) is 30.3 Å². The maximum Gasteiger partial charge on any atom is 0.0578 e. The number of likely N-dealkylation sites (tertiary alicyclic amines) is 1. The summed E-state index contributed by atoms with van der Waals surface area (Å²) >= 11 is 0. The molecule has 10 aliphatic rings. The highest BCUT2D eigenvalue weighted by Crippen LogP contribution is 2.36. The maximum absolute atomic E-state index is 9.62. The molecule has 0 amide bonds. The molecule has 4 saturated heterocycles. The first-order valence-electron chi connectivity index (χ1n) is 55.0. The van der Waals surface area contributed by atoms with Crippen molar-refractivity contribution in [3.8, 4) is 0 Å². The fourth-order valence-electron chi connectivity index (χ4n) is 19.7. The van der Waals surface area contributed by atoms with Gasteiger partial charge in [0.25, 0.3) is 0 Å². The maximum atomic E-state index is 9.62. The number of rotatable bonds is 25. The lowest BCUT2D eigenvalue weighted by molar-refractivity contribution is 0.0523. The average Bonchev–Trinajstić information content (AvgIpc) is 1.57. The van der Waals surface area contributed by atoms with E-state index in [1.807, 2.05) is 0 Å². The number of hydrogen-bond donors (Lipinski definition) is 5. The molecule has 0 aromatic heterocycles. The van der Waals surface area contributed by atoms with E-state index in [2.05, 4.69) is 236 Å². The number of hydrogen-bond acceptors (Lipinski definition) is 10. The first-order valence-corrected chi connectivity index (χ1v) is 55.0. The summed E-state index contributed by atoms with van der Waals surface area (Å²) in [5.74, 6) is 19.8. The Labute approximate surface area is 790 Å². The molecule has 6 aliphatic carbocycles. The Morgan fingerprint density at radius 1 is 0.349 bits per heavy atom. The molecule has 0 spiro atoms. The van der Waals surface area contributed by atoms with E-state index in [1.54, 1.807) is 7.11 Å². The summed E-state index contributed by atoms with van der Waals surface area (Å²) in [6, 6.07) is 10.8. The Bertz CT molecular complexity index is 2210. The van der Waals surface area contributed by atoms with Crippen LogP contribution >= 0.6 is 0 Å². The highest BCUT2D eigenvalue weighted by atomic mass is 16.5. The smallest absolute Gasteiger partial charge is 0.0578 e. The van der Waals surface area contributed by atoms with Gasteiger partial charge >= 0.3 is 0 Å². The second kappa shape index (κ2) is 81.0. The van der Waals surface area contributed by atoms with E-state index in [0.717, 1.165) is 234 Å². The molecule has 1 aromatic carbocycles. The summed E-state index contributed by atoms with van der Waals surface area (Å²) in [4.78, 5) is 2.59. The van der Waals surface area contributed by atoms with Crippen LogP contribution < -0.4 is 0 Å². The van der Waals surface area contributed by atoms with Gasteiger partial charge in [0, 0.05) is 53.3 Å². The summed E-state index contributed by atoms with van der Waals surface area (Å²) < 4.78 is 20.8. The molecule has 0 radical (unpaired) electrons. The fourth-order valence-corrected chi connectivity index (χ4v) is 19.7. The standard InChI is InChI=1S/C15H23N.C11H22O.C10H20O.C10H20.3C9H18O.3C8H16O.C7H16.C6H14O.C6H14/c1-13(2)15-8-10-16(11-9-15)12-14-6-4-3-5-7-14;1-9(2)3-4-10-5-7-11(12)8-6-10;1-8(2)7-9-5-3-4-6-10(9)11;1-8(2)10-6-4-9(3)5-7-10;3*1-7(2)8-3-5-9(10)6-4-8;1-7(2)8-3-5-9-6-4-8;1-7(2)5-8-3-4-9-6-8;1-7(2)6-8-4-3-5-9-8;1-4-5-6-7(2)3;1-6(2)4-5-7-3;1-4-5-6(2)3/h3-7,13,15H,8-12H2,1-2H3;9-12H,3-8H2,1-2H3;8-11H,3-7H2,1-2H3;8-10H,4-7H2,1-3H3;3*7-10H,3-6H2,1-2H3;3*7-8H,3-6H2,1-2H3;7H,4-6H2,1-3H3;6H,4-5H2,1-3H3;6H,4-5H2,1-3H3/t;;9-,10+;;;;;;;;;;/m..1........../s1. The van der Waals surface area contributed by atoms with Gasteiger partial charge in [-0.05, 0) is 354 Å². The zero-order chi connectivity index (χ0) is 95.3. The number of benzene rings is 1. The fraction of sp³-hybridized carbons (Fsp3) is 0.948. The Hall–Kier alpha value is -1.18. The predicted molar refractivity (Wildman–Crippen MR) is 554 cm³/mol. The lowest BCUT2D eigenvalue weighted by atomic mass is 9.78. The topological polar surface area (TPSA) is 141 Å². The molecule has 4 heterocycles. The van der Waals surface area contributed by atoms with Gasteiger partial charge in [-0.15, -0.1) is 0 Å². The van der Waals surface area contributed by atoms with Crippen molar-refractivity contribution in [1.82, 2.24) is 4.90 Å². The van der Waals surface area contributed by atoms with Gasteiger partial charge in [-0.2, -0.15) is 0 Å². The van der Waals surface area contributed by atoms with Crippen LogP contribution in [-0.4, -0.2) is 127 Å². The molecule has 10 fully saturated rings. The monoisotopic (exact) mass is 1780 g/mol. The van der Waals surface area contributed by atoms with Crippen LogP contribution in [0.3, 0.4) is 0 Å². The number of unbranched alkanes of at least 4 members (excludes halogenated alkanes) is 1. The summed E-state index contributed by atoms with van der Waals surface area (Å²) in [6.45, 7) is 75.7. The third-order valence-electron chi connectivity index (χ3n) is 29.2. The van der Waals surface area contributed by atoms with Gasteiger partial charge in [0.15, 0.2) is 0 Å². The lowest BCUT2D eigenvalue weighted by Gasteiger charge is -2.33. The Balaban J connectivity index is 0. The van der Waals surface area contributed by atoms with Crippen molar-refractivity contribution in [3.63, 3.8) is 0 Å². The molecule has 754 valence electrons. The third-order valence-corrected chi connectivity index (χ3v) is 29.2. The molecule has 0 bridgehead atoms. The Morgan fingerprint density at radius 3 is 1.06 bits per heavy atom. The number of aliphatic hydroxyl groups is 5. The summed E-state index contributed by atoms with van der Waals surface area (Å²) in [7, 11) is 1.74. The summed E-state index contributed by atoms with van der Waals surface area (Å²) in [5, 5.41) is 46.5. The summed E-state index contributed by atoms with van der Waals surface area (Å²) in [5.41, 5.74) is 1.45. The summed E-state index contributed by atoms with van der Waals surface area (Å²) in [6.07, 6.45) is 53.3. The van der Waals surface area contributed by atoms with Gasteiger partial charge in [-0.3, -0.25) is 4.90 Å². The molecule has 1 aromatic rings. The van der Waals surface area contributed by atoms with Gasteiger partial charge in [0.1, 0.15) is 0 Å². The van der Waals surface area contributed by atoms with E-state index in [-0.39, 0.29) is 30.5 Å². The number of ether oxygens (including phenoxy) is 4. The van der Waals surface area contributed by atoms with E-state index >= 15 is 0 Å². The average molecular weight is 1780 g/mol.